The minimum atomic E-state index is -2.98. The molecule has 0 aromatic heterocycles. The molecular formula is C7H15NO2S. The van der Waals surface area contributed by atoms with Crippen molar-refractivity contribution in [1.82, 2.24) is 4.31 Å². The zero-order valence-corrected chi connectivity index (χ0v) is 8.06. The van der Waals surface area contributed by atoms with E-state index in [0.29, 0.717) is 6.54 Å². The number of nitrogens with zero attached hydrogens (tertiary/aromatic N) is 1. The molecule has 0 fully saturated rings. The Bertz CT molecular complexity index is 219. The largest absolute Gasteiger partial charge is 0.213 e. The third-order valence-corrected chi connectivity index (χ3v) is 2.73. The first-order chi connectivity index (χ1) is 4.98. The predicted octanol–water partition coefficient (Wildman–Crippen LogP) is 0.844. The molecule has 3 nitrogen and oxygen atoms in total. The van der Waals surface area contributed by atoms with Crippen LogP contribution in [0.1, 0.15) is 13.3 Å². The highest BCUT2D eigenvalue weighted by atomic mass is 32.2. The average Bonchev–Trinajstić information content (AvgIpc) is 1.86. The fourth-order valence-corrected chi connectivity index (χ4v) is 1.03. The maximum Gasteiger partial charge on any atom is 0.210 e. The van der Waals surface area contributed by atoms with E-state index in [1.807, 2.05) is 19.1 Å². The van der Waals surface area contributed by atoms with Gasteiger partial charge in [-0.05, 0) is 13.3 Å². The Morgan fingerprint density at radius 3 is 2.36 bits per heavy atom. The van der Waals surface area contributed by atoms with Gasteiger partial charge in [0.2, 0.25) is 10.0 Å². The van der Waals surface area contributed by atoms with Crippen LogP contribution in [-0.4, -0.2) is 32.6 Å². The SMILES string of the molecule is C/C=C/CCN(C)S(C)(=O)=O. The molecule has 0 atom stereocenters. The van der Waals surface area contributed by atoms with Crippen molar-refractivity contribution in [3.8, 4) is 0 Å². The summed E-state index contributed by atoms with van der Waals surface area (Å²) in [6, 6.07) is 0. The number of allylic oxidation sites excluding steroid dienone is 1. The van der Waals surface area contributed by atoms with E-state index in [-0.39, 0.29) is 0 Å². The Hall–Kier alpha value is -0.350. The van der Waals surface area contributed by atoms with Crippen LogP contribution in [0.4, 0.5) is 0 Å². The minimum Gasteiger partial charge on any atom is -0.213 e. The molecule has 0 amide bonds. The van der Waals surface area contributed by atoms with E-state index in [1.165, 1.54) is 10.6 Å². The summed E-state index contributed by atoms with van der Waals surface area (Å²) < 4.78 is 23.0. The van der Waals surface area contributed by atoms with Gasteiger partial charge < -0.3 is 0 Å². The second-order valence-corrected chi connectivity index (χ2v) is 4.53. The summed E-state index contributed by atoms with van der Waals surface area (Å²) in [5.74, 6) is 0. The predicted molar refractivity (Wildman–Crippen MR) is 46.9 cm³/mol. The van der Waals surface area contributed by atoms with Gasteiger partial charge in [-0.15, -0.1) is 0 Å². The molecule has 66 valence electrons. The van der Waals surface area contributed by atoms with E-state index < -0.39 is 10.0 Å². The van der Waals surface area contributed by atoms with Crippen LogP contribution < -0.4 is 0 Å². The Morgan fingerprint density at radius 1 is 1.45 bits per heavy atom. The Balaban J connectivity index is 3.80. The highest BCUT2D eigenvalue weighted by molar-refractivity contribution is 7.88. The van der Waals surface area contributed by atoms with Gasteiger partial charge in [-0.25, -0.2) is 12.7 Å². The molecule has 0 aromatic carbocycles. The molecule has 0 heterocycles. The highest BCUT2D eigenvalue weighted by Gasteiger charge is 2.07. The van der Waals surface area contributed by atoms with E-state index >= 15 is 0 Å². The zero-order chi connectivity index (χ0) is 8.91. The molecule has 0 N–H and O–H groups in total. The monoisotopic (exact) mass is 177 g/mol. The number of hydrogen-bond donors (Lipinski definition) is 0. The van der Waals surface area contributed by atoms with Crippen LogP contribution in [0.25, 0.3) is 0 Å². The summed E-state index contributed by atoms with van der Waals surface area (Å²) in [6.07, 6.45) is 5.85. The van der Waals surface area contributed by atoms with Crippen LogP contribution in [0.2, 0.25) is 0 Å². The maximum atomic E-state index is 10.8. The van der Waals surface area contributed by atoms with Gasteiger partial charge in [-0.1, -0.05) is 12.2 Å². The zero-order valence-electron chi connectivity index (χ0n) is 7.24. The quantitative estimate of drug-likeness (QED) is 0.597. The van der Waals surface area contributed by atoms with Crippen molar-refractivity contribution in [2.45, 2.75) is 13.3 Å². The molecule has 11 heavy (non-hydrogen) atoms. The fourth-order valence-electron chi connectivity index (χ4n) is 0.589. The van der Waals surface area contributed by atoms with E-state index in [0.717, 1.165) is 6.42 Å². The molecule has 0 saturated carbocycles. The van der Waals surface area contributed by atoms with Crippen molar-refractivity contribution in [3.05, 3.63) is 12.2 Å². The van der Waals surface area contributed by atoms with Crippen molar-refractivity contribution in [2.75, 3.05) is 19.8 Å². The molecule has 0 bridgehead atoms. The number of rotatable bonds is 4. The first-order valence-corrected chi connectivity index (χ1v) is 5.35. The molecule has 0 aliphatic carbocycles. The normalized spacial score (nSPS) is 13.1. The Morgan fingerprint density at radius 2 is 2.00 bits per heavy atom. The van der Waals surface area contributed by atoms with Crippen molar-refractivity contribution in [3.63, 3.8) is 0 Å². The summed E-state index contributed by atoms with van der Waals surface area (Å²) in [5.41, 5.74) is 0. The molecule has 0 rings (SSSR count). The van der Waals surface area contributed by atoms with Gasteiger partial charge in [0.1, 0.15) is 0 Å². The lowest BCUT2D eigenvalue weighted by Crippen LogP contribution is -2.26. The standard InChI is InChI=1S/C7H15NO2S/c1-4-5-6-7-8(2)11(3,9)10/h4-5H,6-7H2,1-3H3/b5-4+. The molecule has 0 saturated heterocycles. The van der Waals surface area contributed by atoms with Gasteiger partial charge in [-0.2, -0.15) is 0 Å². The van der Waals surface area contributed by atoms with Gasteiger partial charge in [0.05, 0.1) is 6.26 Å². The molecule has 0 aromatic rings. The summed E-state index contributed by atoms with van der Waals surface area (Å²) >= 11 is 0. The van der Waals surface area contributed by atoms with E-state index in [4.69, 9.17) is 0 Å². The van der Waals surface area contributed by atoms with E-state index in [9.17, 15) is 8.42 Å². The fraction of sp³-hybridized carbons (Fsp3) is 0.714. The lowest BCUT2D eigenvalue weighted by atomic mass is 10.4. The summed E-state index contributed by atoms with van der Waals surface area (Å²) in [6.45, 7) is 2.48. The van der Waals surface area contributed by atoms with E-state index in [1.54, 1.807) is 7.05 Å². The Labute approximate surface area is 68.8 Å². The molecular weight excluding hydrogens is 162 g/mol. The van der Waals surface area contributed by atoms with Crippen molar-refractivity contribution in [1.29, 1.82) is 0 Å². The smallest absolute Gasteiger partial charge is 0.210 e. The molecule has 0 radical (unpaired) electrons. The molecule has 0 aliphatic rings. The van der Waals surface area contributed by atoms with Crippen molar-refractivity contribution < 1.29 is 8.42 Å². The lowest BCUT2D eigenvalue weighted by Gasteiger charge is -2.11. The third-order valence-electron chi connectivity index (χ3n) is 1.41. The van der Waals surface area contributed by atoms with Crippen LogP contribution >= 0.6 is 0 Å². The first-order valence-electron chi connectivity index (χ1n) is 3.51. The van der Waals surface area contributed by atoms with Gasteiger partial charge in [0, 0.05) is 13.6 Å². The molecule has 0 spiro atoms. The second-order valence-electron chi connectivity index (χ2n) is 2.44. The van der Waals surface area contributed by atoms with Crippen LogP contribution in [-0.2, 0) is 10.0 Å². The summed E-state index contributed by atoms with van der Waals surface area (Å²) in [4.78, 5) is 0. The number of sulfonamides is 1. The summed E-state index contributed by atoms with van der Waals surface area (Å²) in [7, 11) is -1.40. The topological polar surface area (TPSA) is 37.4 Å². The third kappa shape index (κ3) is 4.98. The van der Waals surface area contributed by atoms with Gasteiger partial charge >= 0.3 is 0 Å². The van der Waals surface area contributed by atoms with Crippen molar-refractivity contribution >= 4 is 10.0 Å². The number of hydrogen-bond acceptors (Lipinski definition) is 2. The Kier molecular flexibility index (Phi) is 4.37. The summed E-state index contributed by atoms with van der Waals surface area (Å²) in [5, 5.41) is 0. The van der Waals surface area contributed by atoms with Crippen LogP contribution in [0.5, 0.6) is 0 Å². The molecule has 4 heteroatoms. The van der Waals surface area contributed by atoms with Crippen LogP contribution in [0.3, 0.4) is 0 Å². The van der Waals surface area contributed by atoms with E-state index in [2.05, 4.69) is 0 Å². The first kappa shape index (κ1) is 10.7. The lowest BCUT2D eigenvalue weighted by molar-refractivity contribution is 0.480. The average molecular weight is 177 g/mol. The van der Waals surface area contributed by atoms with Gasteiger partial charge in [0.25, 0.3) is 0 Å². The molecule has 0 unspecified atom stereocenters. The minimum absolute atomic E-state index is 0.559. The van der Waals surface area contributed by atoms with Crippen molar-refractivity contribution in [2.24, 2.45) is 0 Å². The molecule has 0 aliphatic heterocycles. The van der Waals surface area contributed by atoms with Crippen LogP contribution in [0, 0.1) is 0 Å². The van der Waals surface area contributed by atoms with Gasteiger partial charge in [0.15, 0.2) is 0 Å². The van der Waals surface area contributed by atoms with Gasteiger partial charge in [-0.3, -0.25) is 0 Å². The highest BCUT2D eigenvalue weighted by Crippen LogP contribution is 1.95. The van der Waals surface area contributed by atoms with Crippen LogP contribution in [0.15, 0.2) is 12.2 Å². The second kappa shape index (κ2) is 4.51. The maximum absolute atomic E-state index is 10.8.